The Morgan fingerprint density at radius 1 is 1.33 bits per heavy atom. The largest absolute Gasteiger partial charge is 0.331 e. The topological polar surface area (TPSA) is 49.4 Å². The van der Waals surface area contributed by atoms with Crippen LogP contribution in [0.2, 0.25) is 0 Å². The minimum atomic E-state index is -0.410. The van der Waals surface area contributed by atoms with E-state index in [9.17, 15) is 14.0 Å². The quantitative estimate of drug-likeness (QED) is 0.869. The second-order valence-electron chi connectivity index (χ2n) is 4.37. The summed E-state index contributed by atoms with van der Waals surface area (Å²) in [5, 5.41) is 2.70. The number of likely N-dealkylation sites (tertiary alicyclic amines) is 1. The summed E-state index contributed by atoms with van der Waals surface area (Å²) in [5.74, 6) is -0.653. The van der Waals surface area contributed by atoms with E-state index in [4.69, 9.17) is 0 Å². The molecule has 1 aliphatic rings. The average Bonchev–Trinajstić information content (AvgIpc) is 2.81. The van der Waals surface area contributed by atoms with E-state index in [0.717, 1.165) is 6.42 Å². The van der Waals surface area contributed by atoms with E-state index in [2.05, 4.69) is 5.32 Å². The Morgan fingerprint density at radius 3 is 2.61 bits per heavy atom. The second-order valence-corrected chi connectivity index (χ2v) is 4.37. The lowest BCUT2D eigenvalue weighted by molar-refractivity contribution is -0.134. The monoisotopic (exact) mass is 250 g/mol. The van der Waals surface area contributed by atoms with E-state index in [0.29, 0.717) is 18.7 Å². The van der Waals surface area contributed by atoms with Gasteiger partial charge in [-0.1, -0.05) is 0 Å². The minimum absolute atomic E-state index is 0.0910. The van der Waals surface area contributed by atoms with E-state index < -0.39 is 6.04 Å². The van der Waals surface area contributed by atoms with E-state index >= 15 is 0 Å². The van der Waals surface area contributed by atoms with E-state index in [1.165, 1.54) is 31.2 Å². The van der Waals surface area contributed by atoms with Crippen molar-refractivity contribution >= 4 is 17.5 Å². The number of amides is 2. The summed E-state index contributed by atoms with van der Waals surface area (Å²) in [4.78, 5) is 24.9. The molecule has 1 aromatic rings. The van der Waals surface area contributed by atoms with Crippen LogP contribution in [0.5, 0.6) is 0 Å². The summed E-state index contributed by atoms with van der Waals surface area (Å²) in [7, 11) is 0. The van der Waals surface area contributed by atoms with Crippen LogP contribution < -0.4 is 5.32 Å². The van der Waals surface area contributed by atoms with Crippen molar-refractivity contribution in [3.8, 4) is 0 Å². The maximum absolute atomic E-state index is 12.7. The van der Waals surface area contributed by atoms with Crippen LogP contribution in [-0.4, -0.2) is 29.3 Å². The van der Waals surface area contributed by atoms with Gasteiger partial charge in [-0.15, -0.1) is 0 Å². The molecule has 0 aliphatic carbocycles. The van der Waals surface area contributed by atoms with Gasteiger partial charge < -0.3 is 10.2 Å². The highest BCUT2D eigenvalue weighted by atomic mass is 19.1. The average molecular weight is 250 g/mol. The summed E-state index contributed by atoms with van der Waals surface area (Å²) in [6.45, 7) is 2.08. The van der Waals surface area contributed by atoms with Gasteiger partial charge >= 0.3 is 0 Å². The maximum Gasteiger partial charge on any atom is 0.247 e. The molecule has 1 heterocycles. The van der Waals surface area contributed by atoms with E-state index in [1.54, 1.807) is 4.90 Å². The predicted octanol–water partition coefficient (Wildman–Crippen LogP) is 1.78. The normalized spacial score (nSPS) is 18.8. The number of hydrogen-bond acceptors (Lipinski definition) is 2. The third kappa shape index (κ3) is 2.67. The third-order valence-corrected chi connectivity index (χ3v) is 3.07. The Kier molecular flexibility index (Phi) is 3.60. The number of anilines is 1. The van der Waals surface area contributed by atoms with E-state index in [1.807, 2.05) is 0 Å². The van der Waals surface area contributed by atoms with Gasteiger partial charge in [0.25, 0.3) is 0 Å². The van der Waals surface area contributed by atoms with Crippen molar-refractivity contribution in [1.29, 1.82) is 0 Å². The molecule has 4 nitrogen and oxygen atoms in total. The second kappa shape index (κ2) is 5.16. The molecule has 1 saturated heterocycles. The summed E-state index contributed by atoms with van der Waals surface area (Å²) >= 11 is 0. The Balaban J connectivity index is 2.03. The summed E-state index contributed by atoms with van der Waals surface area (Å²) < 4.78 is 12.7. The van der Waals surface area contributed by atoms with Gasteiger partial charge in [-0.05, 0) is 37.1 Å². The van der Waals surface area contributed by atoms with Gasteiger partial charge in [-0.25, -0.2) is 4.39 Å². The molecule has 1 aromatic carbocycles. The van der Waals surface area contributed by atoms with Crippen molar-refractivity contribution in [2.45, 2.75) is 25.8 Å². The van der Waals surface area contributed by atoms with Crippen molar-refractivity contribution in [1.82, 2.24) is 4.90 Å². The minimum Gasteiger partial charge on any atom is -0.331 e. The van der Waals surface area contributed by atoms with Gasteiger partial charge in [0, 0.05) is 19.2 Å². The van der Waals surface area contributed by atoms with Gasteiger partial charge in [0.1, 0.15) is 11.9 Å². The fourth-order valence-corrected chi connectivity index (χ4v) is 2.17. The fourth-order valence-electron chi connectivity index (χ4n) is 2.17. The first-order chi connectivity index (χ1) is 8.58. The van der Waals surface area contributed by atoms with Crippen LogP contribution in [-0.2, 0) is 9.59 Å². The van der Waals surface area contributed by atoms with Gasteiger partial charge in [-0.2, -0.15) is 0 Å². The van der Waals surface area contributed by atoms with Crippen LogP contribution in [0.25, 0.3) is 0 Å². The van der Waals surface area contributed by atoms with Crippen molar-refractivity contribution < 1.29 is 14.0 Å². The molecule has 18 heavy (non-hydrogen) atoms. The summed E-state index contributed by atoms with van der Waals surface area (Å²) in [6, 6.07) is 5.16. The number of hydrogen-bond donors (Lipinski definition) is 1. The highest BCUT2D eigenvalue weighted by Gasteiger charge is 2.32. The molecule has 2 rings (SSSR count). The third-order valence-electron chi connectivity index (χ3n) is 3.07. The smallest absolute Gasteiger partial charge is 0.247 e. The SMILES string of the molecule is CC(=O)N1CCC[C@H]1C(=O)Nc1ccc(F)cc1. The zero-order valence-electron chi connectivity index (χ0n) is 10.1. The Morgan fingerprint density at radius 2 is 2.00 bits per heavy atom. The Bertz CT molecular complexity index is 459. The molecule has 1 aliphatic heterocycles. The maximum atomic E-state index is 12.7. The number of halogens is 1. The van der Waals surface area contributed by atoms with Gasteiger partial charge in [0.2, 0.25) is 11.8 Å². The first kappa shape index (κ1) is 12.5. The fraction of sp³-hybridized carbons (Fsp3) is 0.385. The van der Waals surface area contributed by atoms with Crippen LogP contribution in [0.4, 0.5) is 10.1 Å². The highest BCUT2D eigenvalue weighted by molar-refractivity contribution is 5.97. The molecule has 0 unspecified atom stereocenters. The molecule has 5 heteroatoms. The standard InChI is InChI=1S/C13H15FN2O2/c1-9(17)16-8-2-3-12(16)13(18)15-11-6-4-10(14)5-7-11/h4-7,12H,2-3,8H2,1H3,(H,15,18)/t12-/m0/s1. The summed E-state index contributed by atoms with van der Waals surface area (Å²) in [6.07, 6.45) is 1.51. The van der Waals surface area contributed by atoms with Crippen molar-refractivity contribution in [2.75, 3.05) is 11.9 Å². The van der Waals surface area contributed by atoms with E-state index in [-0.39, 0.29) is 17.6 Å². The molecular weight excluding hydrogens is 235 g/mol. The number of carbonyl (C=O) groups excluding carboxylic acids is 2. The van der Waals surface area contributed by atoms with Crippen LogP contribution >= 0.6 is 0 Å². The van der Waals surface area contributed by atoms with Crippen LogP contribution in [0.1, 0.15) is 19.8 Å². The Hall–Kier alpha value is -1.91. The molecule has 0 saturated carbocycles. The number of rotatable bonds is 2. The van der Waals surface area contributed by atoms with Crippen molar-refractivity contribution in [2.24, 2.45) is 0 Å². The summed E-state index contributed by atoms with van der Waals surface area (Å²) in [5.41, 5.74) is 0.539. The number of nitrogens with zero attached hydrogens (tertiary/aromatic N) is 1. The zero-order valence-corrected chi connectivity index (χ0v) is 10.1. The highest BCUT2D eigenvalue weighted by Crippen LogP contribution is 2.19. The molecule has 0 spiro atoms. The molecule has 1 N–H and O–H groups in total. The molecule has 96 valence electrons. The van der Waals surface area contributed by atoms with Crippen molar-refractivity contribution in [3.05, 3.63) is 30.1 Å². The number of carbonyl (C=O) groups is 2. The molecule has 0 bridgehead atoms. The number of benzene rings is 1. The zero-order chi connectivity index (χ0) is 13.1. The molecule has 1 fully saturated rings. The van der Waals surface area contributed by atoms with Crippen LogP contribution in [0, 0.1) is 5.82 Å². The van der Waals surface area contributed by atoms with Crippen LogP contribution in [0.3, 0.4) is 0 Å². The predicted molar refractivity (Wildman–Crippen MR) is 65.4 cm³/mol. The Labute approximate surface area is 105 Å². The molecule has 0 radical (unpaired) electrons. The molecular formula is C13H15FN2O2. The molecule has 0 aromatic heterocycles. The lowest BCUT2D eigenvalue weighted by Gasteiger charge is -2.22. The van der Waals surface area contributed by atoms with Gasteiger partial charge in [0.05, 0.1) is 0 Å². The van der Waals surface area contributed by atoms with Gasteiger partial charge in [-0.3, -0.25) is 9.59 Å². The first-order valence-corrected chi connectivity index (χ1v) is 5.91. The first-order valence-electron chi connectivity index (χ1n) is 5.91. The van der Waals surface area contributed by atoms with Crippen molar-refractivity contribution in [3.63, 3.8) is 0 Å². The lowest BCUT2D eigenvalue weighted by atomic mass is 10.2. The molecule has 2 amide bonds. The number of nitrogens with one attached hydrogen (secondary N) is 1. The lowest BCUT2D eigenvalue weighted by Crippen LogP contribution is -2.42. The van der Waals surface area contributed by atoms with Gasteiger partial charge in [0.15, 0.2) is 0 Å². The molecule has 1 atom stereocenters. The van der Waals surface area contributed by atoms with Crippen LogP contribution in [0.15, 0.2) is 24.3 Å².